The molecule has 2 saturated heterocycles. The zero-order chi connectivity index (χ0) is 7.14. The number of rotatable bonds is 0. The van der Waals surface area contributed by atoms with Gasteiger partial charge in [-0.1, -0.05) is 13.8 Å². The van der Waals surface area contributed by atoms with Gasteiger partial charge in [0.25, 0.3) is 0 Å². The van der Waals surface area contributed by atoms with E-state index in [2.05, 4.69) is 24.5 Å². The maximum atomic E-state index is 3.34. The summed E-state index contributed by atoms with van der Waals surface area (Å²) < 4.78 is 0. The van der Waals surface area contributed by atoms with E-state index in [0.29, 0.717) is 0 Å². The molecule has 0 aliphatic carbocycles. The molecular weight excluding hydrogens is 124 g/mol. The Labute approximate surface area is 61.7 Å². The van der Waals surface area contributed by atoms with Crippen molar-refractivity contribution in [2.45, 2.75) is 13.8 Å². The highest BCUT2D eigenvalue weighted by atomic mass is 15.1. The lowest BCUT2D eigenvalue weighted by Gasteiger charge is -2.39. The van der Waals surface area contributed by atoms with Gasteiger partial charge in [0.1, 0.15) is 0 Å². The second-order valence-electron chi connectivity index (χ2n) is 3.39. The van der Waals surface area contributed by atoms with Crippen LogP contribution in [0.3, 0.4) is 0 Å². The molecule has 2 heterocycles. The van der Waals surface area contributed by atoms with E-state index >= 15 is 0 Å². The minimum absolute atomic E-state index is 0.769. The van der Waals surface area contributed by atoms with Gasteiger partial charge in [0, 0.05) is 36.3 Å². The van der Waals surface area contributed by atoms with E-state index in [0.717, 1.165) is 24.9 Å². The van der Waals surface area contributed by atoms with Crippen molar-refractivity contribution in [3.63, 3.8) is 0 Å². The summed E-state index contributed by atoms with van der Waals surface area (Å²) in [5.74, 6) is 1.54. The van der Waals surface area contributed by atoms with E-state index in [9.17, 15) is 0 Å². The first-order valence-corrected chi connectivity index (χ1v) is 4.01. The third-order valence-electron chi connectivity index (χ3n) is 2.47. The lowest BCUT2D eigenvalue weighted by Crippen LogP contribution is -2.48. The molecule has 2 N–H and O–H groups in total. The molecule has 0 aromatic carbocycles. The van der Waals surface area contributed by atoms with Gasteiger partial charge < -0.3 is 10.6 Å². The van der Waals surface area contributed by atoms with Gasteiger partial charge >= 0.3 is 0 Å². The fraction of sp³-hybridized carbons (Fsp3) is 0.750. The fourth-order valence-electron chi connectivity index (χ4n) is 1.54. The SMILES string of the molecule is CC1CN/C1=C1\NCC1C. The second kappa shape index (κ2) is 1.91. The Kier molecular flexibility index (Phi) is 1.16. The molecule has 0 saturated carbocycles. The quantitative estimate of drug-likeness (QED) is 0.514. The summed E-state index contributed by atoms with van der Waals surface area (Å²) >= 11 is 0. The smallest absolute Gasteiger partial charge is 0.0349 e. The maximum absolute atomic E-state index is 3.34. The van der Waals surface area contributed by atoms with Gasteiger partial charge in [-0.2, -0.15) is 0 Å². The van der Waals surface area contributed by atoms with Crippen LogP contribution in [0.4, 0.5) is 0 Å². The van der Waals surface area contributed by atoms with Crippen molar-refractivity contribution >= 4 is 0 Å². The van der Waals surface area contributed by atoms with Crippen LogP contribution in [-0.2, 0) is 0 Å². The molecule has 2 rings (SSSR count). The summed E-state index contributed by atoms with van der Waals surface area (Å²) in [6, 6.07) is 0. The largest absolute Gasteiger partial charge is 0.386 e. The lowest BCUT2D eigenvalue weighted by atomic mass is 9.89. The minimum atomic E-state index is 0.769. The van der Waals surface area contributed by atoms with Crippen molar-refractivity contribution in [1.82, 2.24) is 10.6 Å². The van der Waals surface area contributed by atoms with Gasteiger partial charge in [-0.15, -0.1) is 0 Å². The molecule has 0 amide bonds. The average molecular weight is 138 g/mol. The van der Waals surface area contributed by atoms with E-state index in [-0.39, 0.29) is 0 Å². The van der Waals surface area contributed by atoms with Crippen molar-refractivity contribution in [3.05, 3.63) is 11.4 Å². The normalized spacial score (nSPS) is 44.6. The first-order chi connectivity index (χ1) is 4.79. The van der Waals surface area contributed by atoms with Gasteiger partial charge in [0.05, 0.1) is 0 Å². The molecule has 2 fully saturated rings. The summed E-state index contributed by atoms with van der Waals surface area (Å²) in [4.78, 5) is 0. The molecular formula is C8H14N2. The predicted molar refractivity (Wildman–Crippen MR) is 41.4 cm³/mol. The standard InChI is InChI=1S/C8H14N2/c1-5-3-9-7(5)8-6(2)4-10-8/h5-6,9-10H,3-4H2,1-2H3/b8-7-. The van der Waals surface area contributed by atoms with Crippen molar-refractivity contribution in [1.29, 1.82) is 0 Å². The van der Waals surface area contributed by atoms with E-state index in [4.69, 9.17) is 0 Å². The summed E-state index contributed by atoms with van der Waals surface area (Å²) in [6.07, 6.45) is 0. The molecule has 2 aliphatic rings. The molecule has 0 aromatic rings. The summed E-state index contributed by atoms with van der Waals surface area (Å²) in [5, 5.41) is 6.69. The summed E-state index contributed by atoms with van der Waals surface area (Å²) in [6.45, 7) is 6.86. The maximum Gasteiger partial charge on any atom is 0.0349 e. The Bertz CT molecular complexity index is 164. The molecule has 10 heavy (non-hydrogen) atoms. The van der Waals surface area contributed by atoms with Crippen molar-refractivity contribution in [2.24, 2.45) is 11.8 Å². The fourth-order valence-corrected chi connectivity index (χ4v) is 1.54. The number of hydrogen-bond donors (Lipinski definition) is 2. The molecule has 0 bridgehead atoms. The van der Waals surface area contributed by atoms with E-state index in [1.807, 2.05) is 0 Å². The zero-order valence-electron chi connectivity index (χ0n) is 6.57. The van der Waals surface area contributed by atoms with Crippen LogP contribution in [0.5, 0.6) is 0 Å². The first kappa shape index (κ1) is 6.08. The molecule has 0 aromatic heterocycles. The summed E-state index contributed by atoms with van der Waals surface area (Å²) in [5.41, 5.74) is 2.91. The molecule has 2 atom stereocenters. The third-order valence-corrected chi connectivity index (χ3v) is 2.47. The van der Waals surface area contributed by atoms with Crippen molar-refractivity contribution < 1.29 is 0 Å². The van der Waals surface area contributed by atoms with Crippen LogP contribution in [0.25, 0.3) is 0 Å². The molecule has 0 radical (unpaired) electrons. The summed E-state index contributed by atoms with van der Waals surface area (Å²) in [7, 11) is 0. The first-order valence-electron chi connectivity index (χ1n) is 4.01. The van der Waals surface area contributed by atoms with Crippen LogP contribution in [0.2, 0.25) is 0 Å². The third kappa shape index (κ3) is 0.648. The van der Waals surface area contributed by atoms with Crippen LogP contribution in [0.15, 0.2) is 11.4 Å². The highest BCUT2D eigenvalue weighted by molar-refractivity contribution is 5.26. The Morgan fingerprint density at radius 1 is 1.00 bits per heavy atom. The lowest BCUT2D eigenvalue weighted by molar-refractivity contribution is 0.389. The van der Waals surface area contributed by atoms with Crippen LogP contribution in [0.1, 0.15) is 13.8 Å². The molecule has 2 aliphatic heterocycles. The van der Waals surface area contributed by atoms with Crippen LogP contribution in [-0.4, -0.2) is 13.1 Å². The number of nitrogens with one attached hydrogen (secondary N) is 2. The Balaban J connectivity index is 2.13. The van der Waals surface area contributed by atoms with Crippen LogP contribution < -0.4 is 10.6 Å². The highest BCUT2D eigenvalue weighted by Crippen LogP contribution is 2.27. The van der Waals surface area contributed by atoms with E-state index < -0.39 is 0 Å². The highest BCUT2D eigenvalue weighted by Gasteiger charge is 2.29. The van der Waals surface area contributed by atoms with E-state index in [1.54, 1.807) is 0 Å². The van der Waals surface area contributed by atoms with Crippen molar-refractivity contribution in [3.8, 4) is 0 Å². The Morgan fingerprint density at radius 3 is 1.50 bits per heavy atom. The average Bonchev–Trinajstić information content (AvgIpc) is 1.93. The predicted octanol–water partition coefficient (Wildman–Crippen LogP) is 0.677. The van der Waals surface area contributed by atoms with Crippen LogP contribution in [0, 0.1) is 11.8 Å². The van der Waals surface area contributed by atoms with E-state index in [1.165, 1.54) is 11.4 Å². The minimum Gasteiger partial charge on any atom is -0.386 e. The molecule has 2 nitrogen and oxygen atoms in total. The van der Waals surface area contributed by atoms with Crippen molar-refractivity contribution in [2.75, 3.05) is 13.1 Å². The molecule has 0 spiro atoms. The zero-order valence-corrected chi connectivity index (χ0v) is 6.57. The number of hydrogen-bond acceptors (Lipinski definition) is 2. The van der Waals surface area contributed by atoms with Gasteiger partial charge in [0.2, 0.25) is 0 Å². The van der Waals surface area contributed by atoms with Gasteiger partial charge in [0.15, 0.2) is 0 Å². The second-order valence-corrected chi connectivity index (χ2v) is 3.39. The van der Waals surface area contributed by atoms with Gasteiger partial charge in [-0.3, -0.25) is 0 Å². The Morgan fingerprint density at radius 2 is 1.40 bits per heavy atom. The molecule has 56 valence electrons. The van der Waals surface area contributed by atoms with Gasteiger partial charge in [-0.25, -0.2) is 0 Å². The Hall–Kier alpha value is -0.660. The topological polar surface area (TPSA) is 24.1 Å². The molecule has 2 heteroatoms. The van der Waals surface area contributed by atoms with Crippen LogP contribution >= 0.6 is 0 Å². The molecule has 2 unspecified atom stereocenters. The van der Waals surface area contributed by atoms with Gasteiger partial charge in [-0.05, 0) is 0 Å². The monoisotopic (exact) mass is 138 g/mol.